The van der Waals surface area contributed by atoms with Crippen LogP contribution in [-0.2, 0) is 9.53 Å². The van der Waals surface area contributed by atoms with Crippen LogP contribution in [0, 0.1) is 11.7 Å². The Morgan fingerprint density at radius 3 is 2.50 bits per heavy atom. The Morgan fingerprint density at radius 1 is 1.06 bits per heavy atom. The van der Waals surface area contributed by atoms with Gasteiger partial charge in [0, 0.05) is 29.3 Å². The van der Waals surface area contributed by atoms with E-state index in [4.69, 9.17) is 9.84 Å². The van der Waals surface area contributed by atoms with Crippen LogP contribution in [0.1, 0.15) is 47.6 Å². The molecule has 3 aliphatic rings. The number of carbonyl (C=O) groups is 3. The molecule has 166 valence electrons. The molecular formula is C24H23FN2O5. The Hall–Kier alpha value is -3.42. The fourth-order valence-corrected chi connectivity index (χ4v) is 4.98. The summed E-state index contributed by atoms with van der Waals surface area (Å²) < 4.78 is 18.9. The molecule has 0 radical (unpaired) electrons. The van der Waals surface area contributed by atoms with Crippen LogP contribution in [0.3, 0.4) is 0 Å². The molecule has 2 amide bonds. The van der Waals surface area contributed by atoms with E-state index in [1.807, 2.05) is 24.3 Å². The van der Waals surface area contributed by atoms with Crippen LogP contribution in [0.5, 0.6) is 0 Å². The first-order chi connectivity index (χ1) is 15.5. The van der Waals surface area contributed by atoms with Crippen molar-refractivity contribution in [3.05, 3.63) is 65.5 Å². The van der Waals surface area contributed by atoms with Gasteiger partial charge in [0.1, 0.15) is 5.82 Å². The maximum absolute atomic E-state index is 13.8. The van der Waals surface area contributed by atoms with E-state index < -0.39 is 24.5 Å². The number of halogens is 1. The van der Waals surface area contributed by atoms with E-state index in [1.165, 1.54) is 18.2 Å². The molecule has 2 aliphatic carbocycles. The molecule has 32 heavy (non-hydrogen) atoms. The number of ether oxygens (including phenoxy) is 1. The summed E-state index contributed by atoms with van der Waals surface area (Å²) in [5.74, 6) is -1.94. The molecule has 8 heteroatoms. The summed E-state index contributed by atoms with van der Waals surface area (Å²) in [5, 5.41) is 8.93. The minimum absolute atomic E-state index is 0.000359. The number of anilines is 1. The molecule has 0 saturated heterocycles. The number of carboxylic acids is 1. The van der Waals surface area contributed by atoms with E-state index in [1.54, 1.807) is 15.9 Å². The fraction of sp³-hybridized carbons (Fsp3) is 0.375. The van der Waals surface area contributed by atoms with Gasteiger partial charge in [-0.3, -0.25) is 9.69 Å². The molecule has 1 heterocycles. The number of para-hydroxylation sites is 1. The van der Waals surface area contributed by atoms with Gasteiger partial charge in [-0.15, -0.1) is 0 Å². The molecule has 5 rings (SSSR count). The molecule has 7 nitrogen and oxygen atoms in total. The number of carbonyl (C=O) groups excluding carboxylic acids is 2. The normalized spacial score (nSPS) is 23.4. The van der Waals surface area contributed by atoms with Crippen LogP contribution in [0.25, 0.3) is 0 Å². The molecule has 1 aliphatic heterocycles. The van der Waals surface area contributed by atoms with Crippen LogP contribution in [0.4, 0.5) is 14.9 Å². The predicted octanol–water partition coefficient (Wildman–Crippen LogP) is 3.99. The van der Waals surface area contributed by atoms with Gasteiger partial charge in [-0.1, -0.05) is 24.3 Å². The van der Waals surface area contributed by atoms with Crippen molar-refractivity contribution < 1.29 is 28.6 Å². The molecule has 2 saturated carbocycles. The smallest absolute Gasteiger partial charge is 0.411 e. The highest BCUT2D eigenvalue weighted by atomic mass is 19.1. The van der Waals surface area contributed by atoms with Gasteiger partial charge in [-0.2, -0.15) is 0 Å². The number of hydrogen-bond donors (Lipinski definition) is 1. The average Bonchev–Trinajstić information content (AvgIpc) is 3.58. The highest BCUT2D eigenvalue weighted by Gasteiger charge is 2.54. The molecule has 2 aromatic rings. The van der Waals surface area contributed by atoms with Gasteiger partial charge in [0.15, 0.2) is 6.61 Å². The Labute approximate surface area is 184 Å². The lowest BCUT2D eigenvalue weighted by molar-refractivity contribution is -0.140. The second-order valence-corrected chi connectivity index (χ2v) is 8.58. The highest BCUT2D eigenvalue weighted by Crippen LogP contribution is 2.54. The summed E-state index contributed by atoms with van der Waals surface area (Å²) in [5.41, 5.74) is 1.81. The first-order valence-electron chi connectivity index (χ1n) is 10.8. The van der Waals surface area contributed by atoms with E-state index in [9.17, 15) is 18.8 Å². The Morgan fingerprint density at radius 2 is 1.84 bits per heavy atom. The molecule has 2 aromatic carbocycles. The summed E-state index contributed by atoms with van der Waals surface area (Å²) in [7, 11) is 0. The lowest BCUT2D eigenvalue weighted by Gasteiger charge is -2.55. The summed E-state index contributed by atoms with van der Waals surface area (Å²) in [6.07, 6.45) is 2.64. The number of amides is 2. The van der Waals surface area contributed by atoms with Crippen molar-refractivity contribution in [2.45, 2.75) is 43.8 Å². The van der Waals surface area contributed by atoms with E-state index in [0.29, 0.717) is 5.69 Å². The van der Waals surface area contributed by atoms with Gasteiger partial charge >= 0.3 is 12.1 Å². The third-order valence-electron chi connectivity index (χ3n) is 6.60. The number of nitrogens with zero attached hydrogens (tertiary/aromatic N) is 2. The van der Waals surface area contributed by atoms with E-state index in [0.717, 1.165) is 31.2 Å². The number of hydrogen-bond acceptors (Lipinski definition) is 4. The van der Waals surface area contributed by atoms with Crippen molar-refractivity contribution in [1.29, 1.82) is 0 Å². The van der Waals surface area contributed by atoms with Crippen molar-refractivity contribution in [1.82, 2.24) is 4.90 Å². The van der Waals surface area contributed by atoms with Crippen LogP contribution in [0.15, 0.2) is 48.5 Å². The van der Waals surface area contributed by atoms with Crippen LogP contribution in [-0.4, -0.2) is 46.7 Å². The lowest BCUT2D eigenvalue weighted by atomic mass is 9.68. The van der Waals surface area contributed by atoms with Gasteiger partial charge in [0.25, 0.3) is 5.91 Å². The standard InChI is InChI=1S/C24H23FN2O5/c25-15-5-3-4-14(12-15)23(30)27-19-7-2-1-6-17(19)22(18-10-11-20(18)27)26(16-8-9-16)24(31)32-13-21(28)29/h1-7,12,16,18,20,22H,8-11,13H2,(H,28,29)/t18-,20+,22+/m1/s1. The third kappa shape index (κ3) is 3.49. The second-order valence-electron chi connectivity index (χ2n) is 8.58. The summed E-state index contributed by atoms with van der Waals surface area (Å²) in [6.45, 7) is -0.686. The van der Waals surface area contributed by atoms with Crippen molar-refractivity contribution in [3.63, 3.8) is 0 Å². The maximum Gasteiger partial charge on any atom is 0.411 e. The minimum atomic E-state index is -1.20. The van der Waals surface area contributed by atoms with E-state index in [2.05, 4.69) is 0 Å². The zero-order valence-corrected chi connectivity index (χ0v) is 17.3. The van der Waals surface area contributed by atoms with Crippen molar-refractivity contribution in [3.8, 4) is 0 Å². The molecule has 1 N–H and O–H groups in total. The molecule has 0 unspecified atom stereocenters. The third-order valence-corrected chi connectivity index (χ3v) is 6.60. The SMILES string of the molecule is O=C(O)COC(=O)N(C1CC1)[C@H]1c2ccccc2N(C(=O)c2cccc(F)c2)[C@H]2CC[C@H]21. The predicted molar refractivity (Wildman–Crippen MR) is 113 cm³/mol. The van der Waals surface area contributed by atoms with E-state index in [-0.39, 0.29) is 35.5 Å². The van der Waals surface area contributed by atoms with Crippen molar-refractivity contribution >= 4 is 23.7 Å². The number of rotatable bonds is 5. The number of benzene rings is 2. The number of fused-ring (bicyclic) bond motifs is 2. The first kappa shape index (κ1) is 20.5. The Kier molecular flexibility index (Phi) is 5.07. The first-order valence-corrected chi connectivity index (χ1v) is 10.8. The van der Waals surface area contributed by atoms with Crippen molar-refractivity contribution in [2.24, 2.45) is 5.92 Å². The quantitative estimate of drug-likeness (QED) is 0.763. The Balaban J connectivity index is 1.53. The molecule has 2 fully saturated rings. The number of aliphatic carboxylic acids is 1. The fourth-order valence-electron chi connectivity index (χ4n) is 4.98. The van der Waals surface area contributed by atoms with Crippen molar-refractivity contribution in [2.75, 3.05) is 11.5 Å². The zero-order valence-electron chi connectivity index (χ0n) is 17.3. The van der Waals surface area contributed by atoms with Gasteiger partial charge in [-0.05, 0) is 55.5 Å². The van der Waals surface area contributed by atoms with Crippen LogP contribution in [0.2, 0.25) is 0 Å². The van der Waals surface area contributed by atoms with Gasteiger partial charge in [0.05, 0.1) is 6.04 Å². The number of carboxylic acid groups (broad SMARTS) is 1. The molecule has 0 aromatic heterocycles. The Bertz CT molecular complexity index is 1090. The highest BCUT2D eigenvalue weighted by molar-refractivity contribution is 6.07. The van der Waals surface area contributed by atoms with Gasteiger partial charge < -0.3 is 14.7 Å². The second kappa shape index (κ2) is 7.93. The van der Waals surface area contributed by atoms with Crippen LogP contribution >= 0.6 is 0 Å². The largest absolute Gasteiger partial charge is 0.479 e. The van der Waals surface area contributed by atoms with Crippen LogP contribution < -0.4 is 4.90 Å². The topological polar surface area (TPSA) is 87.2 Å². The minimum Gasteiger partial charge on any atom is -0.479 e. The molecule has 0 bridgehead atoms. The molecular weight excluding hydrogens is 415 g/mol. The lowest BCUT2D eigenvalue weighted by Crippen LogP contribution is -2.59. The van der Waals surface area contributed by atoms with Gasteiger partial charge in [-0.25, -0.2) is 14.0 Å². The molecule has 3 atom stereocenters. The maximum atomic E-state index is 13.8. The summed E-state index contributed by atoms with van der Waals surface area (Å²) in [4.78, 5) is 40.7. The summed E-state index contributed by atoms with van der Waals surface area (Å²) in [6, 6.07) is 12.7. The average molecular weight is 438 g/mol. The monoisotopic (exact) mass is 438 g/mol. The molecule has 0 spiro atoms. The van der Waals surface area contributed by atoms with Gasteiger partial charge in [0.2, 0.25) is 0 Å². The summed E-state index contributed by atoms with van der Waals surface area (Å²) >= 11 is 0. The van der Waals surface area contributed by atoms with E-state index >= 15 is 0 Å². The zero-order chi connectivity index (χ0) is 22.4.